The lowest BCUT2D eigenvalue weighted by atomic mass is 10.2. The molecule has 1 atom stereocenters. The third-order valence-corrected chi connectivity index (χ3v) is 3.87. The van der Waals surface area contributed by atoms with E-state index in [1.807, 2.05) is 12.3 Å². The number of carbonyl (C=O) groups excluding carboxylic acids is 1. The maximum atomic E-state index is 11.9. The van der Waals surface area contributed by atoms with Gasteiger partial charge in [-0.2, -0.15) is 0 Å². The smallest absolute Gasteiger partial charge is 0.326 e. The molecule has 1 aromatic rings. The van der Waals surface area contributed by atoms with Gasteiger partial charge in [0, 0.05) is 12.4 Å². The highest BCUT2D eigenvalue weighted by Crippen LogP contribution is 2.32. The molecule has 0 aliphatic heterocycles. The first-order chi connectivity index (χ1) is 8.97. The second-order valence-corrected chi connectivity index (χ2v) is 5.88. The molecule has 0 radical (unpaired) electrons. The highest BCUT2D eigenvalue weighted by Gasteiger charge is 2.37. The predicted octanol–water partition coefficient (Wildman–Crippen LogP) is 1.46. The van der Waals surface area contributed by atoms with Crippen molar-refractivity contribution in [3.05, 3.63) is 16.1 Å². The number of aliphatic carboxylic acids is 1. The number of aromatic nitrogens is 1. The molecule has 1 unspecified atom stereocenters. The van der Waals surface area contributed by atoms with Gasteiger partial charge in [0.2, 0.25) is 0 Å². The SMILES string of the molecule is Cc1nc(CN(C)C(=O)NC(C(=O)O)C2CC2)cs1. The van der Waals surface area contributed by atoms with Gasteiger partial charge in [0.25, 0.3) is 0 Å². The Morgan fingerprint density at radius 1 is 1.63 bits per heavy atom. The van der Waals surface area contributed by atoms with Crippen LogP contribution in [-0.2, 0) is 11.3 Å². The first-order valence-electron chi connectivity index (χ1n) is 6.13. The summed E-state index contributed by atoms with van der Waals surface area (Å²) in [6.45, 7) is 2.29. The van der Waals surface area contributed by atoms with E-state index in [9.17, 15) is 9.59 Å². The van der Waals surface area contributed by atoms with Gasteiger partial charge < -0.3 is 15.3 Å². The lowest BCUT2D eigenvalue weighted by Gasteiger charge is -2.20. The fourth-order valence-electron chi connectivity index (χ4n) is 1.85. The van der Waals surface area contributed by atoms with E-state index in [2.05, 4.69) is 10.3 Å². The largest absolute Gasteiger partial charge is 0.480 e. The van der Waals surface area contributed by atoms with Gasteiger partial charge in [-0.05, 0) is 25.7 Å². The van der Waals surface area contributed by atoms with Crippen LogP contribution >= 0.6 is 11.3 Å². The Balaban J connectivity index is 1.89. The molecule has 1 aliphatic carbocycles. The van der Waals surface area contributed by atoms with Crippen molar-refractivity contribution in [3.63, 3.8) is 0 Å². The minimum Gasteiger partial charge on any atom is -0.480 e. The molecule has 7 heteroatoms. The van der Waals surface area contributed by atoms with E-state index >= 15 is 0 Å². The van der Waals surface area contributed by atoms with E-state index in [1.165, 1.54) is 16.2 Å². The zero-order valence-corrected chi connectivity index (χ0v) is 11.7. The van der Waals surface area contributed by atoms with Gasteiger partial charge in [0.15, 0.2) is 0 Å². The summed E-state index contributed by atoms with van der Waals surface area (Å²) in [6, 6.07) is -1.14. The van der Waals surface area contributed by atoms with Crippen molar-refractivity contribution < 1.29 is 14.7 Å². The zero-order chi connectivity index (χ0) is 14.0. The van der Waals surface area contributed by atoms with Crippen molar-refractivity contribution in [1.29, 1.82) is 0 Å². The maximum Gasteiger partial charge on any atom is 0.326 e. The number of carbonyl (C=O) groups is 2. The van der Waals surface area contributed by atoms with E-state index in [4.69, 9.17) is 5.11 Å². The van der Waals surface area contributed by atoms with E-state index < -0.39 is 12.0 Å². The van der Waals surface area contributed by atoms with E-state index in [-0.39, 0.29) is 11.9 Å². The van der Waals surface area contributed by atoms with Gasteiger partial charge in [0.05, 0.1) is 17.2 Å². The Morgan fingerprint density at radius 3 is 2.79 bits per heavy atom. The fraction of sp³-hybridized carbons (Fsp3) is 0.583. The summed E-state index contributed by atoms with van der Waals surface area (Å²) in [5, 5.41) is 14.5. The number of rotatable bonds is 5. The molecule has 2 N–H and O–H groups in total. The molecule has 1 heterocycles. The van der Waals surface area contributed by atoms with Crippen LogP contribution in [0.15, 0.2) is 5.38 Å². The van der Waals surface area contributed by atoms with Crippen LogP contribution in [0, 0.1) is 12.8 Å². The van der Waals surface area contributed by atoms with Gasteiger partial charge in [-0.1, -0.05) is 0 Å². The topological polar surface area (TPSA) is 82.5 Å². The van der Waals surface area contributed by atoms with Crippen molar-refractivity contribution in [2.24, 2.45) is 5.92 Å². The number of carboxylic acids is 1. The second-order valence-electron chi connectivity index (χ2n) is 4.82. The molecule has 0 aromatic carbocycles. The van der Waals surface area contributed by atoms with Crippen molar-refractivity contribution in [2.75, 3.05) is 7.05 Å². The predicted molar refractivity (Wildman–Crippen MR) is 71.0 cm³/mol. The molecule has 1 fully saturated rings. The van der Waals surface area contributed by atoms with E-state index in [0.29, 0.717) is 6.54 Å². The molecular weight excluding hydrogens is 266 g/mol. The summed E-state index contributed by atoms with van der Waals surface area (Å²) in [5.74, 6) is -0.884. The van der Waals surface area contributed by atoms with Crippen LogP contribution in [0.4, 0.5) is 4.79 Å². The van der Waals surface area contributed by atoms with E-state index in [1.54, 1.807) is 7.05 Å². The van der Waals surface area contributed by atoms with Crippen molar-refractivity contribution in [3.8, 4) is 0 Å². The van der Waals surface area contributed by atoms with Gasteiger partial charge >= 0.3 is 12.0 Å². The standard InChI is InChI=1S/C12H17N3O3S/c1-7-13-9(6-19-7)5-15(2)12(18)14-10(11(16)17)8-3-4-8/h6,8,10H,3-5H2,1-2H3,(H,14,18)(H,16,17). The number of nitrogens with one attached hydrogen (secondary N) is 1. The molecule has 6 nitrogen and oxygen atoms in total. The van der Waals surface area contributed by atoms with Crippen LogP contribution in [0.25, 0.3) is 0 Å². The van der Waals surface area contributed by atoms with Crippen molar-refractivity contribution in [1.82, 2.24) is 15.2 Å². The summed E-state index contributed by atoms with van der Waals surface area (Å²) in [7, 11) is 1.63. The molecule has 1 aromatic heterocycles. The maximum absolute atomic E-state index is 11.9. The molecule has 1 aliphatic rings. The van der Waals surface area contributed by atoms with Crippen molar-refractivity contribution >= 4 is 23.3 Å². The van der Waals surface area contributed by atoms with Crippen LogP contribution in [0.5, 0.6) is 0 Å². The lowest BCUT2D eigenvalue weighted by Crippen LogP contribution is -2.47. The van der Waals surface area contributed by atoms with Crippen LogP contribution in [0.3, 0.4) is 0 Å². The summed E-state index contributed by atoms with van der Waals surface area (Å²) in [5.41, 5.74) is 0.818. The number of aryl methyl sites for hydroxylation is 1. The zero-order valence-electron chi connectivity index (χ0n) is 10.9. The Kier molecular flexibility index (Phi) is 4.04. The molecular formula is C12H17N3O3S. The number of amides is 2. The summed E-state index contributed by atoms with van der Waals surface area (Å²) >= 11 is 1.53. The highest BCUT2D eigenvalue weighted by atomic mass is 32.1. The third kappa shape index (κ3) is 3.66. The monoisotopic (exact) mass is 283 g/mol. The van der Waals surface area contributed by atoms with E-state index in [0.717, 1.165) is 23.5 Å². The van der Waals surface area contributed by atoms with Crippen LogP contribution < -0.4 is 5.32 Å². The molecule has 19 heavy (non-hydrogen) atoms. The van der Waals surface area contributed by atoms with Gasteiger partial charge in [-0.15, -0.1) is 11.3 Å². The number of hydrogen-bond acceptors (Lipinski definition) is 4. The average Bonchev–Trinajstić information content (AvgIpc) is 3.09. The normalized spacial score (nSPS) is 15.9. The number of hydrogen-bond donors (Lipinski definition) is 2. The summed E-state index contributed by atoms with van der Waals surface area (Å²) in [4.78, 5) is 28.7. The minimum atomic E-state index is -0.964. The summed E-state index contributed by atoms with van der Waals surface area (Å²) < 4.78 is 0. The van der Waals surface area contributed by atoms with Crippen molar-refractivity contribution in [2.45, 2.75) is 32.4 Å². The van der Waals surface area contributed by atoms with Gasteiger partial charge in [-0.3, -0.25) is 0 Å². The average molecular weight is 283 g/mol. The molecule has 0 bridgehead atoms. The van der Waals surface area contributed by atoms with Crippen LogP contribution in [0.2, 0.25) is 0 Å². The minimum absolute atomic E-state index is 0.0800. The number of thiazole rings is 1. The molecule has 2 amide bonds. The lowest BCUT2D eigenvalue weighted by molar-refractivity contribution is -0.139. The fourth-order valence-corrected chi connectivity index (χ4v) is 2.45. The first kappa shape index (κ1) is 13.8. The second kappa shape index (κ2) is 5.56. The Labute approximate surface area is 115 Å². The molecule has 104 valence electrons. The molecule has 0 spiro atoms. The Morgan fingerprint density at radius 2 is 2.32 bits per heavy atom. The van der Waals surface area contributed by atoms with Crippen LogP contribution in [-0.4, -0.2) is 40.1 Å². The molecule has 1 saturated carbocycles. The van der Waals surface area contributed by atoms with Gasteiger partial charge in [0.1, 0.15) is 6.04 Å². The Bertz CT molecular complexity index is 484. The highest BCUT2D eigenvalue weighted by molar-refractivity contribution is 7.09. The third-order valence-electron chi connectivity index (χ3n) is 3.05. The summed E-state index contributed by atoms with van der Waals surface area (Å²) in [6.07, 6.45) is 1.73. The van der Waals surface area contributed by atoms with Gasteiger partial charge in [-0.25, -0.2) is 14.6 Å². The quantitative estimate of drug-likeness (QED) is 0.857. The Hall–Kier alpha value is -1.63. The number of urea groups is 1. The van der Waals surface area contributed by atoms with Crippen LogP contribution in [0.1, 0.15) is 23.5 Å². The number of carboxylic acid groups (broad SMARTS) is 1. The molecule has 2 rings (SSSR count). The number of nitrogens with zero attached hydrogens (tertiary/aromatic N) is 2. The molecule has 0 saturated heterocycles. The first-order valence-corrected chi connectivity index (χ1v) is 7.01.